The molecule has 0 aromatic carbocycles. The van der Waals surface area contributed by atoms with Crippen LogP contribution in [-0.4, -0.2) is 26.9 Å². The lowest BCUT2D eigenvalue weighted by Crippen LogP contribution is -2.27. The predicted molar refractivity (Wildman–Crippen MR) is 69.0 cm³/mol. The number of hydrogen-bond donors (Lipinski definition) is 1. The molecule has 6 heteroatoms. The lowest BCUT2D eigenvalue weighted by atomic mass is 10.1. The summed E-state index contributed by atoms with van der Waals surface area (Å²) < 4.78 is 2.49. The van der Waals surface area contributed by atoms with Crippen molar-refractivity contribution in [2.24, 2.45) is 5.92 Å². The highest BCUT2D eigenvalue weighted by Crippen LogP contribution is 2.17. The van der Waals surface area contributed by atoms with Crippen LogP contribution in [0.1, 0.15) is 13.8 Å². The van der Waals surface area contributed by atoms with Gasteiger partial charge in [0.1, 0.15) is 12.1 Å². The van der Waals surface area contributed by atoms with E-state index in [-0.39, 0.29) is 12.0 Å². The molecule has 0 unspecified atom stereocenters. The minimum atomic E-state index is -0.230. The molecule has 0 saturated heterocycles. The smallest absolute Gasteiger partial charge is 0.171 e. The van der Waals surface area contributed by atoms with Gasteiger partial charge in [0.25, 0.3) is 0 Å². The highest BCUT2D eigenvalue weighted by atomic mass is 79.9. The Bertz CT molecular complexity index is 537. The summed E-state index contributed by atoms with van der Waals surface area (Å²) >= 11 is 3.37. The lowest BCUT2D eigenvalue weighted by Gasteiger charge is -2.16. The number of hydrogen-bond acceptors (Lipinski definition) is 4. The molecule has 0 aliphatic heterocycles. The van der Waals surface area contributed by atoms with E-state index in [4.69, 9.17) is 0 Å². The number of nitrogens with one attached hydrogen (secondary N) is 1. The van der Waals surface area contributed by atoms with Crippen molar-refractivity contribution in [2.45, 2.75) is 19.9 Å². The molecule has 0 aliphatic rings. The summed E-state index contributed by atoms with van der Waals surface area (Å²) in [7, 11) is 0. The number of rotatable bonds is 4. The van der Waals surface area contributed by atoms with Gasteiger partial charge in [-0.15, -0.1) is 0 Å². The van der Waals surface area contributed by atoms with Gasteiger partial charge in [0.2, 0.25) is 0 Å². The van der Waals surface area contributed by atoms with Crippen LogP contribution in [0, 0.1) is 5.92 Å². The largest absolute Gasteiger partial charge is 0.360 e. The Morgan fingerprint density at radius 2 is 2.29 bits per heavy atom. The second-order valence-electron chi connectivity index (χ2n) is 4.12. The van der Waals surface area contributed by atoms with Gasteiger partial charge in [0.15, 0.2) is 5.65 Å². The highest BCUT2D eigenvalue weighted by molar-refractivity contribution is 9.10. The molecule has 1 N–H and O–H groups in total. The Morgan fingerprint density at radius 1 is 1.53 bits per heavy atom. The van der Waals surface area contributed by atoms with Crippen molar-refractivity contribution >= 4 is 33.7 Å². The van der Waals surface area contributed by atoms with Gasteiger partial charge in [-0.1, -0.05) is 13.8 Å². The van der Waals surface area contributed by atoms with E-state index in [1.54, 1.807) is 23.0 Å². The van der Waals surface area contributed by atoms with E-state index in [1.165, 1.54) is 0 Å². The number of aldehydes is 1. The van der Waals surface area contributed by atoms with Crippen LogP contribution < -0.4 is 5.32 Å². The van der Waals surface area contributed by atoms with Crippen molar-refractivity contribution in [1.82, 2.24) is 14.6 Å². The third-order valence-corrected chi connectivity index (χ3v) is 3.06. The van der Waals surface area contributed by atoms with Crippen LogP contribution in [-0.2, 0) is 4.79 Å². The molecule has 17 heavy (non-hydrogen) atoms. The number of carbonyl (C=O) groups is 1. The Kier molecular flexibility index (Phi) is 3.42. The Labute approximate surface area is 107 Å². The van der Waals surface area contributed by atoms with E-state index in [0.717, 1.165) is 16.4 Å². The summed E-state index contributed by atoms with van der Waals surface area (Å²) in [6, 6.07) is 1.57. The molecule has 0 saturated carbocycles. The van der Waals surface area contributed by atoms with Crippen LogP contribution in [0.3, 0.4) is 0 Å². The molecular weight excluding hydrogens is 284 g/mol. The topological polar surface area (TPSA) is 59.3 Å². The zero-order chi connectivity index (χ0) is 12.4. The SMILES string of the molecule is CC(C)[C@@H](C=O)Nc1ccn2ncc(Br)c2n1. The van der Waals surface area contributed by atoms with Crippen LogP contribution in [0.25, 0.3) is 5.65 Å². The van der Waals surface area contributed by atoms with Gasteiger partial charge in [-0.05, 0) is 27.9 Å². The van der Waals surface area contributed by atoms with Crippen LogP contribution >= 0.6 is 15.9 Å². The molecular formula is C11H13BrN4O. The summed E-state index contributed by atoms with van der Waals surface area (Å²) in [5.41, 5.74) is 0.725. The van der Waals surface area contributed by atoms with Crippen molar-refractivity contribution in [2.75, 3.05) is 5.32 Å². The normalized spacial score (nSPS) is 12.9. The van der Waals surface area contributed by atoms with Gasteiger partial charge >= 0.3 is 0 Å². The summed E-state index contributed by atoms with van der Waals surface area (Å²) in [4.78, 5) is 15.3. The fourth-order valence-corrected chi connectivity index (χ4v) is 1.81. The summed E-state index contributed by atoms with van der Waals surface area (Å²) in [6.45, 7) is 3.97. The fourth-order valence-electron chi connectivity index (χ4n) is 1.45. The third kappa shape index (κ3) is 2.46. The maximum atomic E-state index is 10.9. The first kappa shape index (κ1) is 12.0. The van der Waals surface area contributed by atoms with Crippen molar-refractivity contribution < 1.29 is 4.79 Å². The van der Waals surface area contributed by atoms with Gasteiger partial charge in [0, 0.05) is 6.20 Å². The molecule has 0 radical (unpaired) electrons. The Morgan fingerprint density at radius 3 is 2.94 bits per heavy atom. The standard InChI is InChI=1S/C11H13BrN4O/c1-7(2)9(6-17)14-10-3-4-16-11(15-10)8(12)5-13-16/h3-7,9H,1-2H3,(H,14,15)/t9-/m1/s1. The number of fused-ring (bicyclic) bond motifs is 1. The number of nitrogens with zero attached hydrogens (tertiary/aromatic N) is 3. The zero-order valence-electron chi connectivity index (χ0n) is 9.59. The number of halogens is 1. The first-order valence-corrected chi connectivity index (χ1v) is 6.13. The molecule has 0 fully saturated rings. The van der Waals surface area contributed by atoms with E-state index >= 15 is 0 Å². The average molecular weight is 297 g/mol. The van der Waals surface area contributed by atoms with Gasteiger partial charge in [-0.2, -0.15) is 5.10 Å². The second-order valence-corrected chi connectivity index (χ2v) is 4.98. The molecule has 2 aromatic rings. The maximum absolute atomic E-state index is 10.9. The van der Waals surface area contributed by atoms with E-state index in [1.807, 2.05) is 13.8 Å². The molecule has 5 nitrogen and oxygen atoms in total. The average Bonchev–Trinajstić information content (AvgIpc) is 2.67. The quantitative estimate of drug-likeness (QED) is 0.878. The minimum Gasteiger partial charge on any atom is -0.360 e. The van der Waals surface area contributed by atoms with E-state index in [2.05, 4.69) is 31.3 Å². The van der Waals surface area contributed by atoms with Crippen molar-refractivity contribution in [1.29, 1.82) is 0 Å². The van der Waals surface area contributed by atoms with Crippen LogP contribution in [0.15, 0.2) is 22.9 Å². The maximum Gasteiger partial charge on any atom is 0.171 e. The fraction of sp³-hybridized carbons (Fsp3) is 0.364. The second kappa shape index (κ2) is 4.83. The first-order valence-electron chi connectivity index (χ1n) is 5.33. The highest BCUT2D eigenvalue weighted by Gasteiger charge is 2.13. The molecule has 0 aliphatic carbocycles. The van der Waals surface area contributed by atoms with Gasteiger partial charge in [0.05, 0.1) is 16.7 Å². The van der Waals surface area contributed by atoms with Crippen molar-refractivity contribution in [3.8, 4) is 0 Å². The van der Waals surface area contributed by atoms with Crippen LogP contribution in [0.4, 0.5) is 5.82 Å². The molecule has 0 amide bonds. The Balaban J connectivity index is 2.29. The molecule has 90 valence electrons. The molecule has 1 atom stereocenters. The molecule has 0 spiro atoms. The number of aromatic nitrogens is 3. The molecule has 0 bridgehead atoms. The number of carbonyl (C=O) groups excluding carboxylic acids is 1. The van der Waals surface area contributed by atoms with Crippen molar-refractivity contribution in [3.63, 3.8) is 0 Å². The van der Waals surface area contributed by atoms with E-state index in [0.29, 0.717) is 5.82 Å². The van der Waals surface area contributed by atoms with Gasteiger partial charge in [-0.3, -0.25) is 0 Å². The predicted octanol–water partition coefficient (Wildman–Crippen LogP) is 2.13. The summed E-state index contributed by atoms with van der Waals surface area (Å²) in [5, 5.41) is 7.20. The van der Waals surface area contributed by atoms with E-state index in [9.17, 15) is 4.79 Å². The lowest BCUT2D eigenvalue weighted by molar-refractivity contribution is -0.109. The molecule has 2 aromatic heterocycles. The van der Waals surface area contributed by atoms with Crippen LogP contribution in [0.5, 0.6) is 0 Å². The van der Waals surface area contributed by atoms with Gasteiger partial charge in [-0.25, -0.2) is 9.50 Å². The Hall–Kier alpha value is -1.43. The van der Waals surface area contributed by atoms with Crippen LogP contribution in [0.2, 0.25) is 0 Å². The molecule has 2 rings (SSSR count). The summed E-state index contributed by atoms with van der Waals surface area (Å²) in [5.74, 6) is 0.892. The van der Waals surface area contributed by atoms with Gasteiger partial charge < -0.3 is 10.1 Å². The monoisotopic (exact) mass is 296 g/mol. The van der Waals surface area contributed by atoms with E-state index < -0.39 is 0 Å². The molecule has 2 heterocycles. The third-order valence-electron chi connectivity index (χ3n) is 2.51. The number of anilines is 1. The van der Waals surface area contributed by atoms with Crippen molar-refractivity contribution in [3.05, 3.63) is 22.9 Å². The summed E-state index contributed by atoms with van der Waals surface area (Å²) in [6.07, 6.45) is 4.39. The first-order chi connectivity index (χ1) is 8.11. The minimum absolute atomic E-state index is 0.221. The zero-order valence-corrected chi connectivity index (χ0v) is 11.2.